The van der Waals surface area contributed by atoms with Crippen LogP contribution in [0.2, 0.25) is 0 Å². The monoisotopic (exact) mass is 403 g/mol. The summed E-state index contributed by atoms with van der Waals surface area (Å²) in [5.74, 6) is 0.547. The molecule has 0 saturated carbocycles. The molecule has 29 heavy (non-hydrogen) atoms. The van der Waals surface area contributed by atoms with E-state index in [2.05, 4.69) is 5.32 Å². The first-order valence-corrected chi connectivity index (χ1v) is 10.00. The van der Waals surface area contributed by atoms with Gasteiger partial charge in [-0.15, -0.1) is 11.3 Å². The number of rotatable bonds is 4. The molecule has 1 amide bonds. The van der Waals surface area contributed by atoms with E-state index in [1.165, 1.54) is 11.3 Å². The molecule has 2 heterocycles. The van der Waals surface area contributed by atoms with Crippen molar-refractivity contribution in [3.05, 3.63) is 70.6 Å². The SMILES string of the molecule is COc1cccc(-c2ccc3c(N)c(C(=O)Nc4cc(C)ccc4C)sc3n2)c1. The van der Waals surface area contributed by atoms with Crippen molar-refractivity contribution in [2.45, 2.75) is 13.8 Å². The van der Waals surface area contributed by atoms with E-state index in [1.54, 1.807) is 7.11 Å². The number of aromatic nitrogens is 1. The number of benzene rings is 2. The van der Waals surface area contributed by atoms with Crippen LogP contribution in [-0.4, -0.2) is 18.0 Å². The Hall–Kier alpha value is -3.38. The van der Waals surface area contributed by atoms with E-state index in [0.29, 0.717) is 10.6 Å². The summed E-state index contributed by atoms with van der Waals surface area (Å²) in [5.41, 5.74) is 11.4. The number of amides is 1. The van der Waals surface area contributed by atoms with Crippen molar-refractivity contribution in [2.75, 3.05) is 18.2 Å². The maximum atomic E-state index is 12.9. The Morgan fingerprint density at radius 1 is 1.10 bits per heavy atom. The number of hydrogen-bond donors (Lipinski definition) is 2. The number of ether oxygens (including phenoxy) is 1. The smallest absolute Gasteiger partial charge is 0.267 e. The van der Waals surface area contributed by atoms with E-state index in [4.69, 9.17) is 15.5 Å². The van der Waals surface area contributed by atoms with Gasteiger partial charge in [0.1, 0.15) is 15.5 Å². The number of hydrogen-bond acceptors (Lipinski definition) is 5. The van der Waals surface area contributed by atoms with Crippen LogP contribution in [0.5, 0.6) is 5.75 Å². The maximum absolute atomic E-state index is 12.9. The lowest BCUT2D eigenvalue weighted by atomic mass is 10.1. The van der Waals surface area contributed by atoms with Crippen LogP contribution in [0.1, 0.15) is 20.8 Å². The first-order valence-electron chi connectivity index (χ1n) is 9.18. The molecule has 2 aromatic carbocycles. The quantitative estimate of drug-likeness (QED) is 0.477. The van der Waals surface area contributed by atoms with Gasteiger partial charge in [0.05, 0.1) is 18.5 Å². The molecule has 0 aliphatic rings. The molecule has 2 aromatic heterocycles. The molecule has 0 saturated heterocycles. The van der Waals surface area contributed by atoms with Gasteiger partial charge in [0.25, 0.3) is 5.91 Å². The molecule has 5 nitrogen and oxygen atoms in total. The first-order chi connectivity index (χ1) is 14.0. The Labute approximate surface area is 173 Å². The molecule has 3 N–H and O–H groups in total. The zero-order valence-corrected chi connectivity index (χ0v) is 17.3. The number of nitrogen functional groups attached to an aromatic ring is 1. The van der Waals surface area contributed by atoms with Gasteiger partial charge in [-0.05, 0) is 55.3 Å². The molecule has 4 rings (SSSR count). The van der Waals surface area contributed by atoms with Gasteiger partial charge in [0.2, 0.25) is 0 Å². The zero-order chi connectivity index (χ0) is 20.5. The lowest BCUT2D eigenvalue weighted by Gasteiger charge is -2.08. The molecule has 0 spiro atoms. The van der Waals surface area contributed by atoms with Gasteiger partial charge < -0.3 is 15.8 Å². The minimum absolute atomic E-state index is 0.220. The highest BCUT2D eigenvalue weighted by atomic mass is 32.1. The number of nitrogens with zero attached hydrogens (tertiary/aromatic N) is 1. The summed E-state index contributed by atoms with van der Waals surface area (Å²) in [7, 11) is 1.64. The van der Waals surface area contributed by atoms with Crippen molar-refractivity contribution in [3.63, 3.8) is 0 Å². The zero-order valence-electron chi connectivity index (χ0n) is 16.4. The van der Waals surface area contributed by atoms with Crippen molar-refractivity contribution in [1.29, 1.82) is 0 Å². The number of thiophene rings is 1. The Balaban J connectivity index is 1.70. The molecule has 0 aliphatic heterocycles. The summed E-state index contributed by atoms with van der Waals surface area (Å²) < 4.78 is 5.29. The summed E-state index contributed by atoms with van der Waals surface area (Å²) in [5, 5.41) is 3.76. The van der Waals surface area contributed by atoms with Gasteiger partial charge >= 0.3 is 0 Å². The van der Waals surface area contributed by atoms with Crippen LogP contribution < -0.4 is 15.8 Å². The fourth-order valence-electron chi connectivity index (χ4n) is 3.16. The Morgan fingerprint density at radius 3 is 2.72 bits per heavy atom. The molecule has 146 valence electrons. The topological polar surface area (TPSA) is 77.2 Å². The number of nitrogens with one attached hydrogen (secondary N) is 1. The van der Waals surface area contributed by atoms with Crippen molar-refractivity contribution in [2.24, 2.45) is 0 Å². The van der Waals surface area contributed by atoms with Crippen molar-refractivity contribution in [1.82, 2.24) is 4.98 Å². The van der Waals surface area contributed by atoms with Crippen LogP contribution >= 0.6 is 11.3 Å². The number of carbonyl (C=O) groups is 1. The van der Waals surface area contributed by atoms with Crippen LogP contribution in [0.25, 0.3) is 21.5 Å². The fraction of sp³-hybridized carbons (Fsp3) is 0.130. The molecule has 6 heteroatoms. The molecule has 0 unspecified atom stereocenters. The summed E-state index contributed by atoms with van der Waals surface area (Å²) >= 11 is 1.30. The van der Waals surface area contributed by atoms with Gasteiger partial charge in [0, 0.05) is 16.6 Å². The molecule has 4 aromatic rings. The number of nitrogens with two attached hydrogens (primary N) is 1. The normalized spacial score (nSPS) is 10.9. The van der Waals surface area contributed by atoms with Crippen molar-refractivity contribution < 1.29 is 9.53 Å². The second kappa shape index (κ2) is 7.56. The molecule has 0 radical (unpaired) electrons. The van der Waals surface area contributed by atoms with E-state index in [-0.39, 0.29) is 5.91 Å². The van der Waals surface area contributed by atoms with Gasteiger partial charge in [-0.2, -0.15) is 0 Å². The number of fused-ring (bicyclic) bond motifs is 1. The van der Waals surface area contributed by atoms with Gasteiger partial charge in [-0.1, -0.05) is 24.3 Å². The number of anilines is 2. The number of aryl methyl sites for hydroxylation is 2. The van der Waals surface area contributed by atoms with E-state index in [0.717, 1.165) is 44.0 Å². The van der Waals surface area contributed by atoms with E-state index in [9.17, 15) is 4.79 Å². The summed E-state index contributed by atoms with van der Waals surface area (Å²) in [6, 6.07) is 17.5. The summed E-state index contributed by atoms with van der Waals surface area (Å²) in [4.78, 5) is 18.8. The lowest BCUT2D eigenvalue weighted by molar-refractivity contribution is 0.103. The molecular weight excluding hydrogens is 382 g/mol. The highest BCUT2D eigenvalue weighted by Crippen LogP contribution is 2.35. The van der Waals surface area contributed by atoms with Gasteiger partial charge in [-0.25, -0.2) is 4.98 Å². The minimum atomic E-state index is -0.220. The third-order valence-electron chi connectivity index (χ3n) is 4.81. The standard InChI is InChI=1S/C23H21N3O2S/c1-13-7-8-14(2)19(11-13)25-22(27)21-20(24)17-9-10-18(26-23(17)29-21)15-5-4-6-16(12-15)28-3/h4-12H,24H2,1-3H3,(H,25,27). The minimum Gasteiger partial charge on any atom is -0.497 e. The lowest BCUT2D eigenvalue weighted by Crippen LogP contribution is -2.13. The van der Waals surface area contributed by atoms with Crippen LogP contribution in [0.15, 0.2) is 54.6 Å². The van der Waals surface area contributed by atoms with E-state index >= 15 is 0 Å². The average molecular weight is 404 g/mol. The second-order valence-electron chi connectivity index (χ2n) is 6.90. The Bertz CT molecular complexity index is 1230. The van der Waals surface area contributed by atoms with E-state index < -0.39 is 0 Å². The summed E-state index contributed by atoms with van der Waals surface area (Å²) in [6.45, 7) is 3.96. The van der Waals surface area contributed by atoms with Crippen molar-refractivity contribution >= 4 is 38.8 Å². The highest BCUT2D eigenvalue weighted by Gasteiger charge is 2.18. The number of pyridine rings is 1. The molecule has 0 fully saturated rings. The largest absolute Gasteiger partial charge is 0.497 e. The molecule has 0 atom stereocenters. The second-order valence-corrected chi connectivity index (χ2v) is 7.90. The molecule has 0 bridgehead atoms. The first kappa shape index (κ1) is 19.0. The van der Waals surface area contributed by atoms with Crippen LogP contribution in [0.3, 0.4) is 0 Å². The number of carbonyl (C=O) groups excluding carboxylic acids is 1. The third kappa shape index (κ3) is 3.67. The average Bonchev–Trinajstić information content (AvgIpc) is 3.07. The Morgan fingerprint density at radius 2 is 1.93 bits per heavy atom. The van der Waals surface area contributed by atoms with Crippen LogP contribution in [-0.2, 0) is 0 Å². The maximum Gasteiger partial charge on any atom is 0.267 e. The third-order valence-corrected chi connectivity index (χ3v) is 5.92. The summed E-state index contributed by atoms with van der Waals surface area (Å²) in [6.07, 6.45) is 0. The van der Waals surface area contributed by atoms with E-state index in [1.807, 2.05) is 68.4 Å². The van der Waals surface area contributed by atoms with Crippen LogP contribution in [0, 0.1) is 13.8 Å². The van der Waals surface area contributed by atoms with Crippen molar-refractivity contribution in [3.8, 4) is 17.0 Å². The van der Waals surface area contributed by atoms with Gasteiger partial charge in [0.15, 0.2) is 0 Å². The number of methoxy groups -OCH3 is 1. The van der Waals surface area contributed by atoms with Gasteiger partial charge in [-0.3, -0.25) is 4.79 Å². The Kier molecular flexibility index (Phi) is 4.94. The molecular formula is C23H21N3O2S. The fourth-order valence-corrected chi connectivity index (χ4v) is 4.15. The predicted molar refractivity (Wildman–Crippen MR) is 120 cm³/mol. The highest BCUT2D eigenvalue weighted by molar-refractivity contribution is 7.21. The molecule has 0 aliphatic carbocycles. The predicted octanol–water partition coefficient (Wildman–Crippen LogP) is 5.42. The van der Waals surface area contributed by atoms with Crippen LogP contribution in [0.4, 0.5) is 11.4 Å².